The second kappa shape index (κ2) is 8.55. The molecule has 0 spiro atoms. The largest absolute Gasteiger partial charge is 0.433 e. The lowest BCUT2D eigenvalue weighted by Crippen LogP contribution is -2.15. The van der Waals surface area contributed by atoms with Crippen LogP contribution >= 0.6 is 12.4 Å². The third kappa shape index (κ3) is 4.98. The van der Waals surface area contributed by atoms with E-state index in [9.17, 15) is 18.0 Å². The van der Waals surface area contributed by atoms with Gasteiger partial charge in [0, 0.05) is 12.1 Å². The summed E-state index contributed by atoms with van der Waals surface area (Å²) in [6, 6.07) is 7.07. The van der Waals surface area contributed by atoms with Crippen LogP contribution in [0.25, 0.3) is 5.69 Å². The number of halogens is 4. The van der Waals surface area contributed by atoms with Gasteiger partial charge in [0.2, 0.25) is 5.91 Å². The maximum Gasteiger partial charge on any atom is 0.433 e. The number of hydrogen-bond acceptors (Lipinski definition) is 3. The molecular weight excluding hydrogens is 369 g/mol. The first-order valence-electron chi connectivity index (χ1n) is 8.16. The summed E-state index contributed by atoms with van der Waals surface area (Å²) in [5.74, 6) is 0.448. The Labute approximate surface area is 155 Å². The minimum Gasteiger partial charge on any atom is -0.326 e. The van der Waals surface area contributed by atoms with Gasteiger partial charge >= 0.3 is 6.18 Å². The van der Waals surface area contributed by atoms with Gasteiger partial charge in [-0.25, -0.2) is 4.68 Å². The number of carbonyl (C=O) groups excluding carboxylic acids is 1. The molecule has 1 saturated heterocycles. The van der Waals surface area contributed by atoms with Crippen LogP contribution < -0.4 is 10.6 Å². The molecule has 0 radical (unpaired) electrons. The van der Waals surface area contributed by atoms with Crippen molar-refractivity contribution in [2.45, 2.75) is 25.4 Å². The van der Waals surface area contributed by atoms with Crippen LogP contribution in [0, 0.1) is 5.92 Å². The zero-order chi connectivity index (χ0) is 17.9. The van der Waals surface area contributed by atoms with E-state index in [0.29, 0.717) is 18.0 Å². The van der Waals surface area contributed by atoms with Gasteiger partial charge in [-0.1, -0.05) is 0 Å². The zero-order valence-corrected chi connectivity index (χ0v) is 14.7. The number of nitrogens with zero attached hydrogens (tertiary/aromatic N) is 2. The maximum absolute atomic E-state index is 12.9. The lowest BCUT2D eigenvalue weighted by atomic mass is 10.0. The summed E-state index contributed by atoms with van der Waals surface area (Å²) >= 11 is 0. The van der Waals surface area contributed by atoms with Crippen molar-refractivity contribution in [3.05, 3.63) is 42.2 Å². The lowest BCUT2D eigenvalue weighted by molar-refractivity contribution is -0.142. The monoisotopic (exact) mass is 388 g/mol. The molecule has 26 heavy (non-hydrogen) atoms. The van der Waals surface area contributed by atoms with Crippen LogP contribution in [0.2, 0.25) is 0 Å². The third-order valence-corrected chi connectivity index (χ3v) is 4.27. The molecule has 1 unspecified atom stereocenters. The SMILES string of the molecule is Cl.O=C(CCC1CCNC1)Nc1ccc(-n2nccc2C(F)(F)F)cc1. The van der Waals surface area contributed by atoms with Gasteiger partial charge in [0.25, 0.3) is 0 Å². The van der Waals surface area contributed by atoms with Gasteiger partial charge in [0.1, 0.15) is 5.69 Å². The summed E-state index contributed by atoms with van der Waals surface area (Å²) < 4.78 is 39.6. The molecule has 142 valence electrons. The average Bonchev–Trinajstić information content (AvgIpc) is 3.25. The lowest BCUT2D eigenvalue weighted by Gasteiger charge is -2.12. The molecule has 2 heterocycles. The van der Waals surface area contributed by atoms with Crippen molar-refractivity contribution in [1.29, 1.82) is 0 Å². The first-order chi connectivity index (χ1) is 11.9. The molecule has 1 atom stereocenters. The smallest absolute Gasteiger partial charge is 0.326 e. The number of nitrogens with one attached hydrogen (secondary N) is 2. The van der Waals surface area contributed by atoms with Gasteiger partial charge in [-0.05, 0) is 62.2 Å². The molecule has 1 aliphatic rings. The Bertz CT molecular complexity index is 724. The summed E-state index contributed by atoms with van der Waals surface area (Å²) in [6.07, 6.45) is -1.01. The summed E-state index contributed by atoms with van der Waals surface area (Å²) in [6.45, 7) is 1.95. The number of hydrogen-bond donors (Lipinski definition) is 2. The quantitative estimate of drug-likeness (QED) is 0.822. The fourth-order valence-corrected chi connectivity index (χ4v) is 2.93. The Kier molecular flexibility index (Phi) is 6.66. The van der Waals surface area contributed by atoms with Crippen molar-refractivity contribution < 1.29 is 18.0 Å². The molecule has 1 aromatic carbocycles. The highest BCUT2D eigenvalue weighted by Crippen LogP contribution is 2.30. The highest BCUT2D eigenvalue weighted by atomic mass is 35.5. The van der Waals surface area contributed by atoms with Gasteiger partial charge in [-0.15, -0.1) is 12.4 Å². The zero-order valence-electron chi connectivity index (χ0n) is 13.9. The first kappa shape index (κ1) is 20.3. The van der Waals surface area contributed by atoms with Gasteiger partial charge in [0.15, 0.2) is 0 Å². The predicted molar refractivity (Wildman–Crippen MR) is 94.7 cm³/mol. The number of benzene rings is 1. The molecule has 1 aromatic heterocycles. The number of carbonyl (C=O) groups is 1. The van der Waals surface area contributed by atoms with Crippen molar-refractivity contribution in [2.24, 2.45) is 5.92 Å². The molecule has 3 rings (SSSR count). The van der Waals surface area contributed by atoms with Crippen LogP contribution in [0.4, 0.5) is 18.9 Å². The van der Waals surface area contributed by atoms with E-state index in [1.54, 1.807) is 12.1 Å². The van der Waals surface area contributed by atoms with Crippen molar-refractivity contribution in [3.8, 4) is 5.69 Å². The highest BCUT2D eigenvalue weighted by molar-refractivity contribution is 5.90. The molecule has 1 amide bonds. The van der Waals surface area contributed by atoms with Crippen LogP contribution in [0.15, 0.2) is 36.5 Å². The second-order valence-electron chi connectivity index (χ2n) is 6.12. The van der Waals surface area contributed by atoms with Crippen molar-refractivity contribution in [3.63, 3.8) is 0 Å². The van der Waals surface area contributed by atoms with E-state index >= 15 is 0 Å². The molecule has 5 nitrogen and oxygen atoms in total. The Hall–Kier alpha value is -2.06. The normalized spacial score (nSPS) is 17.0. The van der Waals surface area contributed by atoms with Gasteiger partial charge in [-0.2, -0.15) is 18.3 Å². The Morgan fingerprint density at radius 1 is 1.27 bits per heavy atom. The van der Waals surface area contributed by atoms with Crippen LogP contribution in [0.3, 0.4) is 0 Å². The topological polar surface area (TPSA) is 59.0 Å². The molecule has 0 saturated carbocycles. The highest BCUT2D eigenvalue weighted by Gasteiger charge is 2.35. The van der Waals surface area contributed by atoms with Crippen LogP contribution in [0.5, 0.6) is 0 Å². The van der Waals surface area contributed by atoms with Gasteiger partial charge in [-0.3, -0.25) is 4.79 Å². The van der Waals surface area contributed by atoms with Crippen LogP contribution in [-0.2, 0) is 11.0 Å². The molecule has 9 heteroatoms. The van der Waals surface area contributed by atoms with Crippen LogP contribution in [0.1, 0.15) is 25.0 Å². The standard InChI is InChI=1S/C17H19F3N4O.ClH/c18-17(19,20)15-8-10-22-24(15)14-4-2-13(3-5-14)23-16(25)6-1-12-7-9-21-11-12;/h2-5,8,10,12,21H,1,6-7,9,11H2,(H,23,25);1H. The minimum atomic E-state index is -4.47. The van der Waals surface area contributed by atoms with E-state index in [4.69, 9.17) is 0 Å². The number of amides is 1. The molecule has 2 aromatic rings. The number of aromatic nitrogens is 2. The molecule has 0 bridgehead atoms. The Morgan fingerprint density at radius 3 is 2.62 bits per heavy atom. The average molecular weight is 389 g/mol. The van der Waals surface area contributed by atoms with E-state index in [-0.39, 0.29) is 24.0 Å². The number of anilines is 1. The second-order valence-corrected chi connectivity index (χ2v) is 6.12. The first-order valence-corrected chi connectivity index (χ1v) is 8.16. The molecule has 1 fully saturated rings. The molecule has 2 N–H and O–H groups in total. The summed E-state index contributed by atoms with van der Waals surface area (Å²) in [5.41, 5.74) is 0.000763. The van der Waals surface area contributed by atoms with Gasteiger partial charge < -0.3 is 10.6 Å². The molecule has 0 aliphatic carbocycles. The third-order valence-electron chi connectivity index (χ3n) is 4.27. The minimum absolute atomic E-state index is 0. The van der Waals surface area contributed by atoms with Crippen molar-refractivity contribution >= 4 is 24.0 Å². The molecule has 1 aliphatic heterocycles. The number of alkyl halides is 3. The Balaban J connectivity index is 0.00000243. The summed E-state index contributed by atoms with van der Waals surface area (Å²) in [5, 5.41) is 9.75. The fraction of sp³-hybridized carbons (Fsp3) is 0.412. The van der Waals surface area contributed by atoms with Crippen LogP contribution in [-0.4, -0.2) is 28.8 Å². The van der Waals surface area contributed by atoms with Gasteiger partial charge in [0.05, 0.1) is 11.9 Å². The van der Waals surface area contributed by atoms with Crippen molar-refractivity contribution in [1.82, 2.24) is 15.1 Å². The molecular formula is C17H20ClF3N4O. The number of rotatable bonds is 5. The van der Waals surface area contributed by atoms with E-state index in [0.717, 1.165) is 42.9 Å². The fourth-order valence-electron chi connectivity index (χ4n) is 2.93. The summed E-state index contributed by atoms with van der Waals surface area (Å²) in [4.78, 5) is 12.0. The van der Waals surface area contributed by atoms with E-state index < -0.39 is 11.9 Å². The van der Waals surface area contributed by atoms with Crippen molar-refractivity contribution in [2.75, 3.05) is 18.4 Å². The predicted octanol–water partition coefficient (Wildman–Crippen LogP) is 3.64. The maximum atomic E-state index is 12.9. The Morgan fingerprint density at radius 2 is 2.00 bits per heavy atom. The van der Waals surface area contributed by atoms with E-state index in [1.165, 1.54) is 12.1 Å². The summed E-state index contributed by atoms with van der Waals surface area (Å²) in [7, 11) is 0. The van der Waals surface area contributed by atoms with E-state index in [1.807, 2.05) is 0 Å². The van der Waals surface area contributed by atoms with E-state index in [2.05, 4.69) is 15.7 Å².